The fraction of sp³-hybridized carbons (Fsp3) is 0.455. The summed E-state index contributed by atoms with van der Waals surface area (Å²) in [5, 5.41) is 3.47. The van der Waals surface area contributed by atoms with Crippen molar-refractivity contribution in [2.45, 2.75) is 19.9 Å². The van der Waals surface area contributed by atoms with Crippen molar-refractivity contribution in [1.82, 2.24) is 4.98 Å². The molecule has 6 nitrogen and oxygen atoms in total. The molecule has 1 heterocycles. The number of hydrogen-bond donors (Lipinski definition) is 0. The van der Waals surface area contributed by atoms with Gasteiger partial charge in [-0.25, -0.2) is 0 Å². The second-order valence-electron chi connectivity index (χ2n) is 3.67. The molecule has 0 fully saturated rings. The van der Waals surface area contributed by atoms with Gasteiger partial charge in [0, 0.05) is 23.2 Å². The molecule has 1 aromatic rings. The van der Waals surface area contributed by atoms with Crippen LogP contribution in [0.3, 0.4) is 0 Å². The first kappa shape index (κ1) is 13.0. The number of carbonyl (C=O) groups excluding carboxylic acids is 1. The molecule has 0 unspecified atom stereocenters. The van der Waals surface area contributed by atoms with Gasteiger partial charge < -0.3 is 4.74 Å². The lowest BCUT2D eigenvalue weighted by Gasteiger charge is -2.08. The number of pyridine rings is 1. The Bertz CT molecular complexity index is 441. The van der Waals surface area contributed by atoms with E-state index in [2.05, 4.69) is 19.7 Å². The van der Waals surface area contributed by atoms with Gasteiger partial charge in [-0.05, 0) is 23.2 Å². The van der Waals surface area contributed by atoms with Gasteiger partial charge in [0.15, 0.2) is 0 Å². The van der Waals surface area contributed by atoms with E-state index in [9.17, 15) is 4.79 Å². The molecule has 0 bridgehead atoms. The van der Waals surface area contributed by atoms with Gasteiger partial charge in [-0.3, -0.25) is 9.78 Å². The highest BCUT2D eigenvalue weighted by atomic mass is 16.5. The van der Waals surface area contributed by atoms with Gasteiger partial charge in [-0.1, -0.05) is 12.0 Å². The van der Waals surface area contributed by atoms with E-state index in [4.69, 9.17) is 5.53 Å². The summed E-state index contributed by atoms with van der Waals surface area (Å²) in [6.07, 6.45) is 2.15. The molecule has 0 aliphatic heterocycles. The van der Waals surface area contributed by atoms with Crippen LogP contribution in [-0.4, -0.2) is 18.1 Å². The lowest BCUT2D eigenvalue weighted by atomic mass is 10.0. The Labute approximate surface area is 99.2 Å². The summed E-state index contributed by atoms with van der Waals surface area (Å²) in [7, 11) is 1.37. The van der Waals surface area contributed by atoms with Crippen LogP contribution in [0.2, 0.25) is 0 Å². The van der Waals surface area contributed by atoms with Crippen LogP contribution < -0.4 is 0 Å². The topological polar surface area (TPSA) is 88.0 Å². The lowest BCUT2D eigenvalue weighted by Crippen LogP contribution is -2.15. The van der Waals surface area contributed by atoms with Crippen molar-refractivity contribution in [1.29, 1.82) is 0 Å². The zero-order valence-electron chi connectivity index (χ0n) is 9.83. The predicted octanol–water partition coefficient (Wildman–Crippen LogP) is 2.24. The first-order valence-electron chi connectivity index (χ1n) is 5.20. The molecule has 0 N–H and O–H groups in total. The van der Waals surface area contributed by atoms with Crippen molar-refractivity contribution in [2.75, 3.05) is 7.11 Å². The number of ether oxygens (including phenoxy) is 1. The van der Waals surface area contributed by atoms with Crippen LogP contribution in [0.5, 0.6) is 0 Å². The predicted molar refractivity (Wildman–Crippen MR) is 62.0 cm³/mol. The lowest BCUT2D eigenvalue weighted by molar-refractivity contribution is -0.144. The smallest absolute Gasteiger partial charge is 0.308 e. The zero-order chi connectivity index (χ0) is 12.7. The van der Waals surface area contributed by atoms with Crippen LogP contribution >= 0.6 is 0 Å². The first-order chi connectivity index (χ1) is 8.17. The number of methoxy groups -OCH3 is 1. The minimum atomic E-state index is -0.257. The van der Waals surface area contributed by atoms with E-state index in [1.807, 2.05) is 6.07 Å². The number of azide groups is 1. The third-order valence-electron chi connectivity index (χ3n) is 2.32. The van der Waals surface area contributed by atoms with Crippen LogP contribution in [0.4, 0.5) is 0 Å². The molecular weight excluding hydrogens is 220 g/mol. The maximum Gasteiger partial charge on any atom is 0.308 e. The zero-order valence-corrected chi connectivity index (χ0v) is 9.83. The average Bonchev–Trinajstić information content (AvgIpc) is 2.35. The normalized spacial score (nSPS) is 11.4. The van der Waals surface area contributed by atoms with E-state index in [1.165, 1.54) is 7.11 Å². The molecule has 0 radical (unpaired) electrons. The Balaban J connectivity index is 2.71. The standard InChI is InChI=1S/C11H14N4O2/c1-8(11(16)17-2)5-10-6-9(3-4-13-10)7-14-15-12/h3-4,6,8H,5,7H2,1-2H3/t8-/m0/s1. The second-order valence-corrected chi connectivity index (χ2v) is 3.67. The molecule has 6 heteroatoms. The van der Waals surface area contributed by atoms with Crippen molar-refractivity contribution in [3.8, 4) is 0 Å². The summed E-state index contributed by atoms with van der Waals surface area (Å²) in [5.41, 5.74) is 9.89. The third-order valence-corrected chi connectivity index (χ3v) is 2.32. The molecule has 90 valence electrons. The Morgan fingerprint density at radius 1 is 1.71 bits per heavy atom. The minimum absolute atomic E-state index is 0.234. The van der Waals surface area contributed by atoms with Gasteiger partial charge >= 0.3 is 5.97 Å². The van der Waals surface area contributed by atoms with Crippen molar-refractivity contribution >= 4 is 5.97 Å². The molecule has 1 aromatic heterocycles. The summed E-state index contributed by atoms with van der Waals surface area (Å²) in [6, 6.07) is 3.61. The largest absolute Gasteiger partial charge is 0.469 e. The van der Waals surface area contributed by atoms with Crippen LogP contribution in [0, 0.1) is 5.92 Å². The molecule has 0 saturated heterocycles. The molecule has 0 saturated carbocycles. The monoisotopic (exact) mass is 234 g/mol. The molecule has 1 rings (SSSR count). The summed E-state index contributed by atoms with van der Waals surface area (Å²) < 4.78 is 4.65. The molecule has 17 heavy (non-hydrogen) atoms. The molecule has 0 amide bonds. The number of carbonyl (C=O) groups is 1. The van der Waals surface area contributed by atoms with Gasteiger partial charge in [0.25, 0.3) is 0 Å². The molecular formula is C11H14N4O2. The van der Waals surface area contributed by atoms with E-state index in [0.29, 0.717) is 13.0 Å². The molecule has 1 atom stereocenters. The highest BCUT2D eigenvalue weighted by Crippen LogP contribution is 2.10. The number of aromatic nitrogens is 1. The van der Waals surface area contributed by atoms with E-state index in [-0.39, 0.29) is 11.9 Å². The van der Waals surface area contributed by atoms with Gasteiger partial charge in [0.1, 0.15) is 0 Å². The van der Waals surface area contributed by atoms with E-state index < -0.39 is 0 Å². The fourth-order valence-electron chi connectivity index (χ4n) is 1.45. The maximum atomic E-state index is 11.3. The Morgan fingerprint density at radius 2 is 2.47 bits per heavy atom. The Kier molecular flexibility index (Phi) is 4.97. The maximum absolute atomic E-state index is 11.3. The summed E-state index contributed by atoms with van der Waals surface area (Å²) >= 11 is 0. The highest BCUT2D eigenvalue weighted by Gasteiger charge is 2.14. The average molecular weight is 234 g/mol. The summed E-state index contributed by atoms with van der Waals surface area (Å²) in [4.78, 5) is 18.1. The number of hydrogen-bond acceptors (Lipinski definition) is 4. The van der Waals surface area contributed by atoms with Crippen molar-refractivity contribution in [2.24, 2.45) is 11.0 Å². The van der Waals surface area contributed by atoms with Crippen molar-refractivity contribution < 1.29 is 9.53 Å². The number of rotatable bonds is 5. The first-order valence-corrected chi connectivity index (χ1v) is 5.20. The SMILES string of the molecule is COC(=O)[C@@H](C)Cc1cc(CN=[N+]=[N-])ccn1. The Morgan fingerprint density at radius 3 is 3.12 bits per heavy atom. The fourth-order valence-corrected chi connectivity index (χ4v) is 1.45. The van der Waals surface area contributed by atoms with E-state index >= 15 is 0 Å². The van der Waals surface area contributed by atoms with Gasteiger partial charge in [-0.2, -0.15) is 0 Å². The summed E-state index contributed by atoms with van der Waals surface area (Å²) in [5.74, 6) is -0.491. The minimum Gasteiger partial charge on any atom is -0.469 e. The van der Waals surface area contributed by atoms with Crippen LogP contribution in [0.1, 0.15) is 18.2 Å². The highest BCUT2D eigenvalue weighted by molar-refractivity contribution is 5.72. The van der Waals surface area contributed by atoms with Crippen molar-refractivity contribution in [3.05, 3.63) is 40.0 Å². The van der Waals surface area contributed by atoms with Crippen LogP contribution in [0.25, 0.3) is 10.4 Å². The van der Waals surface area contributed by atoms with Crippen molar-refractivity contribution in [3.63, 3.8) is 0 Å². The van der Waals surface area contributed by atoms with Gasteiger partial charge in [-0.15, -0.1) is 0 Å². The molecule has 0 spiro atoms. The quantitative estimate of drug-likeness (QED) is 0.338. The van der Waals surface area contributed by atoms with Crippen LogP contribution in [-0.2, 0) is 22.5 Å². The van der Waals surface area contributed by atoms with Gasteiger partial charge in [0.2, 0.25) is 0 Å². The number of nitrogens with zero attached hydrogens (tertiary/aromatic N) is 4. The molecule has 0 aromatic carbocycles. The molecule has 0 aliphatic carbocycles. The second kappa shape index (κ2) is 6.50. The van der Waals surface area contributed by atoms with E-state index in [1.54, 1.807) is 19.2 Å². The van der Waals surface area contributed by atoms with Gasteiger partial charge in [0.05, 0.1) is 19.6 Å². The molecule has 0 aliphatic rings. The summed E-state index contributed by atoms with van der Waals surface area (Å²) in [6.45, 7) is 2.08. The van der Waals surface area contributed by atoms with E-state index in [0.717, 1.165) is 11.3 Å². The third kappa shape index (κ3) is 4.12. The Hall–Kier alpha value is -2.07. The van der Waals surface area contributed by atoms with Crippen LogP contribution in [0.15, 0.2) is 23.4 Å². The number of esters is 1.